The Balaban J connectivity index is 1.17. The molecular weight excluding hydrogens is 418 g/mol. The molecular formula is C25H35N5OS. The van der Waals surface area contributed by atoms with Crippen molar-refractivity contribution in [1.29, 1.82) is 0 Å². The topological polar surface area (TPSA) is 60.5 Å². The largest absolute Gasteiger partial charge is 0.384 e. The van der Waals surface area contributed by atoms with Crippen molar-refractivity contribution in [3.05, 3.63) is 48.7 Å². The summed E-state index contributed by atoms with van der Waals surface area (Å²) in [7, 11) is 1.77. The van der Waals surface area contributed by atoms with E-state index in [1.807, 2.05) is 0 Å². The summed E-state index contributed by atoms with van der Waals surface area (Å²) in [5.41, 5.74) is 0.576. The Morgan fingerprint density at radius 3 is 2.66 bits per heavy atom. The van der Waals surface area contributed by atoms with Crippen LogP contribution in [0.1, 0.15) is 32.1 Å². The van der Waals surface area contributed by atoms with Gasteiger partial charge < -0.3 is 15.5 Å². The lowest BCUT2D eigenvalue weighted by molar-refractivity contribution is -0.118. The molecule has 2 fully saturated rings. The molecule has 1 saturated heterocycles. The fourth-order valence-electron chi connectivity index (χ4n) is 4.90. The lowest BCUT2D eigenvalue weighted by atomic mass is 9.84. The molecule has 1 aliphatic heterocycles. The van der Waals surface area contributed by atoms with Crippen molar-refractivity contribution in [3.8, 4) is 0 Å². The first-order valence-corrected chi connectivity index (χ1v) is 12.6. The fraction of sp³-hybridized carbons (Fsp3) is 0.520. The van der Waals surface area contributed by atoms with Crippen LogP contribution in [0.15, 0.2) is 48.7 Å². The van der Waals surface area contributed by atoms with Crippen LogP contribution in [-0.2, 0) is 4.79 Å². The summed E-state index contributed by atoms with van der Waals surface area (Å²) in [4.78, 5) is 17.4. The van der Waals surface area contributed by atoms with E-state index in [0.717, 1.165) is 50.8 Å². The average molecular weight is 454 g/mol. The van der Waals surface area contributed by atoms with Crippen LogP contribution in [0, 0.1) is 5.92 Å². The van der Waals surface area contributed by atoms with Gasteiger partial charge in [0.2, 0.25) is 0 Å². The van der Waals surface area contributed by atoms with Gasteiger partial charge in [-0.3, -0.25) is 9.69 Å². The summed E-state index contributed by atoms with van der Waals surface area (Å²) in [5.74, 6) is 1.91. The zero-order chi connectivity index (χ0) is 22.3. The number of piperazine rings is 1. The third kappa shape index (κ3) is 5.51. The summed E-state index contributed by atoms with van der Waals surface area (Å²) in [6.45, 7) is 9.18. The number of amides is 1. The summed E-state index contributed by atoms with van der Waals surface area (Å²) < 4.78 is 6.00. The van der Waals surface area contributed by atoms with Gasteiger partial charge in [0.25, 0.3) is 5.91 Å². The first-order valence-electron chi connectivity index (χ1n) is 11.8. The molecule has 1 saturated carbocycles. The molecule has 172 valence electrons. The maximum Gasteiger partial charge on any atom is 0.267 e. The monoisotopic (exact) mass is 453 g/mol. The van der Waals surface area contributed by atoms with Crippen molar-refractivity contribution in [1.82, 2.24) is 19.9 Å². The van der Waals surface area contributed by atoms with Gasteiger partial charge in [0.15, 0.2) is 0 Å². The third-order valence-electron chi connectivity index (χ3n) is 6.86. The quantitative estimate of drug-likeness (QED) is 0.471. The summed E-state index contributed by atoms with van der Waals surface area (Å²) in [6, 6.07) is 8.83. The lowest BCUT2D eigenvalue weighted by Gasteiger charge is -2.36. The Hall–Kier alpha value is -2.38. The van der Waals surface area contributed by atoms with Crippen molar-refractivity contribution in [2.75, 3.05) is 44.7 Å². The smallest absolute Gasteiger partial charge is 0.267 e. The molecule has 6 nitrogen and oxygen atoms in total. The zero-order valence-corrected chi connectivity index (χ0v) is 19.9. The molecule has 32 heavy (non-hydrogen) atoms. The van der Waals surface area contributed by atoms with Gasteiger partial charge in [0.05, 0.1) is 10.4 Å². The molecule has 4 rings (SSSR count). The molecule has 2 heterocycles. The van der Waals surface area contributed by atoms with E-state index in [-0.39, 0.29) is 11.9 Å². The first-order chi connectivity index (χ1) is 15.7. The van der Waals surface area contributed by atoms with E-state index in [1.165, 1.54) is 35.9 Å². The summed E-state index contributed by atoms with van der Waals surface area (Å²) in [5, 5.41) is 7.41. The molecule has 0 spiro atoms. The molecule has 2 N–H and O–H groups in total. The highest BCUT2D eigenvalue weighted by atomic mass is 32.1. The highest BCUT2D eigenvalue weighted by molar-refractivity contribution is 7.13. The van der Waals surface area contributed by atoms with Crippen LogP contribution in [0.25, 0.3) is 10.1 Å². The summed E-state index contributed by atoms with van der Waals surface area (Å²) in [6.07, 6.45) is 9.18. The number of hydrogen-bond donors (Lipinski definition) is 2. The van der Waals surface area contributed by atoms with Crippen molar-refractivity contribution in [3.63, 3.8) is 0 Å². The minimum absolute atomic E-state index is 0.0263. The maximum absolute atomic E-state index is 12.3. The van der Waals surface area contributed by atoms with Crippen molar-refractivity contribution < 1.29 is 4.79 Å². The summed E-state index contributed by atoms with van der Waals surface area (Å²) >= 11 is 1.60. The van der Waals surface area contributed by atoms with Crippen LogP contribution in [0.5, 0.6) is 0 Å². The normalized spacial score (nSPS) is 22.7. The minimum atomic E-state index is -0.0263. The Labute approximate surface area is 195 Å². The molecule has 2 aromatic rings. The number of rotatable bonds is 8. The van der Waals surface area contributed by atoms with Crippen LogP contribution in [-0.4, -0.2) is 61.0 Å². The maximum atomic E-state index is 12.3. The van der Waals surface area contributed by atoms with E-state index < -0.39 is 0 Å². The number of aromatic nitrogens is 1. The second-order valence-electron chi connectivity index (χ2n) is 8.88. The van der Waals surface area contributed by atoms with Gasteiger partial charge in [-0.15, -0.1) is 0 Å². The molecule has 1 amide bonds. The number of carbonyl (C=O) groups is 1. The molecule has 2 aliphatic rings. The molecule has 1 aliphatic carbocycles. The van der Waals surface area contributed by atoms with Crippen LogP contribution < -0.4 is 15.5 Å². The van der Waals surface area contributed by atoms with Gasteiger partial charge in [-0.05, 0) is 74.3 Å². The van der Waals surface area contributed by atoms with Crippen LogP contribution >= 0.6 is 11.5 Å². The van der Waals surface area contributed by atoms with Gasteiger partial charge >= 0.3 is 0 Å². The van der Waals surface area contributed by atoms with Crippen molar-refractivity contribution in [2.45, 2.75) is 38.1 Å². The second-order valence-corrected chi connectivity index (χ2v) is 9.68. The minimum Gasteiger partial charge on any atom is -0.384 e. The molecule has 7 heteroatoms. The fourth-order valence-corrected chi connectivity index (χ4v) is 5.69. The van der Waals surface area contributed by atoms with Gasteiger partial charge in [-0.1, -0.05) is 24.8 Å². The van der Waals surface area contributed by atoms with Crippen LogP contribution in [0.4, 0.5) is 5.82 Å². The Morgan fingerprint density at radius 2 is 1.94 bits per heavy atom. The van der Waals surface area contributed by atoms with Gasteiger partial charge in [0, 0.05) is 44.7 Å². The number of hydrogen-bond acceptors (Lipinski definition) is 6. The van der Waals surface area contributed by atoms with Crippen molar-refractivity contribution in [2.24, 2.45) is 5.92 Å². The molecule has 1 aromatic carbocycles. The first kappa shape index (κ1) is 22.8. The molecule has 0 atom stereocenters. The number of fused-ring (bicyclic) bond motifs is 1. The number of nitrogens with zero attached hydrogens (tertiary/aromatic N) is 3. The number of nitrogens with one attached hydrogen (secondary N) is 2. The number of carbonyl (C=O) groups excluding carboxylic acids is 1. The standard InChI is InChI=1S/C25H35N5OS/c1-3-6-22(26-2)25(31)27-20-11-9-19(10-12-20)13-14-29-15-17-30(18-16-29)24-21-7-4-5-8-23(21)32-28-24/h3-8,19-20,26H,1,9-18H2,2H3,(H,27,31)/b22-6-. The Kier molecular flexibility index (Phi) is 7.81. The van der Waals surface area contributed by atoms with Gasteiger partial charge in [0.1, 0.15) is 5.82 Å². The number of benzene rings is 1. The second kappa shape index (κ2) is 11.0. The van der Waals surface area contributed by atoms with Crippen LogP contribution in [0.2, 0.25) is 0 Å². The van der Waals surface area contributed by atoms with E-state index in [1.54, 1.807) is 30.7 Å². The highest BCUT2D eigenvalue weighted by Gasteiger charge is 2.25. The predicted octanol–water partition coefficient (Wildman–Crippen LogP) is 3.77. The Morgan fingerprint density at radius 1 is 1.19 bits per heavy atom. The van der Waals surface area contributed by atoms with E-state index >= 15 is 0 Å². The molecule has 1 aromatic heterocycles. The van der Waals surface area contributed by atoms with Gasteiger partial charge in [-0.25, -0.2) is 0 Å². The lowest BCUT2D eigenvalue weighted by Crippen LogP contribution is -2.47. The third-order valence-corrected chi connectivity index (χ3v) is 7.68. The van der Waals surface area contributed by atoms with E-state index in [9.17, 15) is 4.79 Å². The van der Waals surface area contributed by atoms with E-state index in [2.05, 4.69) is 51.3 Å². The van der Waals surface area contributed by atoms with Gasteiger partial charge in [-0.2, -0.15) is 4.37 Å². The Bertz CT molecular complexity index is 939. The van der Waals surface area contributed by atoms with E-state index in [0.29, 0.717) is 5.70 Å². The predicted molar refractivity (Wildman–Crippen MR) is 134 cm³/mol. The number of allylic oxidation sites excluding steroid dienone is 2. The zero-order valence-electron chi connectivity index (χ0n) is 19.1. The molecule has 0 unspecified atom stereocenters. The average Bonchev–Trinajstić information content (AvgIpc) is 3.26. The SMILES string of the molecule is C=C/C=C(\NC)C(=O)NC1CCC(CCN2CCN(c3nsc4ccccc34)CC2)CC1. The number of likely N-dealkylation sites (N-methyl/N-ethyl adjacent to an activating group) is 1. The molecule has 0 radical (unpaired) electrons. The highest BCUT2D eigenvalue weighted by Crippen LogP contribution is 2.30. The molecule has 0 bridgehead atoms. The van der Waals surface area contributed by atoms with E-state index in [4.69, 9.17) is 4.37 Å². The van der Waals surface area contributed by atoms with Crippen LogP contribution in [0.3, 0.4) is 0 Å². The van der Waals surface area contributed by atoms with Crippen molar-refractivity contribution >= 4 is 33.3 Å². The number of anilines is 1.